The summed E-state index contributed by atoms with van der Waals surface area (Å²) in [6.07, 6.45) is 4.08. The molecule has 2 aliphatic rings. The highest BCUT2D eigenvalue weighted by atomic mass is 16.6. The SMILES string of the molecule is CCOC(=O)N1CCN(c2nc(CN3CCCCC3CCO)nc3c(C)cccc23)CC1. The van der Waals surface area contributed by atoms with Crippen molar-refractivity contribution in [2.45, 2.75) is 52.1 Å². The number of hydrogen-bond donors (Lipinski definition) is 1. The van der Waals surface area contributed by atoms with E-state index >= 15 is 0 Å². The minimum Gasteiger partial charge on any atom is -0.450 e. The van der Waals surface area contributed by atoms with Crippen molar-refractivity contribution in [1.29, 1.82) is 0 Å². The summed E-state index contributed by atoms with van der Waals surface area (Å²) in [6.45, 7) is 8.94. The highest BCUT2D eigenvalue weighted by Crippen LogP contribution is 2.28. The van der Waals surface area contributed by atoms with E-state index in [2.05, 4.69) is 34.9 Å². The van der Waals surface area contributed by atoms with Crippen LogP contribution in [0.4, 0.5) is 10.6 Å². The van der Waals surface area contributed by atoms with Crippen molar-refractivity contribution >= 4 is 22.8 Å². The topological polar surface area (TPSA) is 82.0 Å². The van der Waals surface area contributed by atoms with Gasteiger partial charge in [-0.25, -0.2) is 14.8 Å². The summed E-state index contributed by atoms with van der Waals surface area (Å²) >= 11 is 0. The molecule has 32 heavy (non-hydrogen) atoms. The van der Waals surface area contributed by atoms with Crippen LogP contribution < -0.4 is 4.90 Å². The zero-order valence-electron chi connectivity index (χ0n) is 19.3. The number of piperidine rings is 1. The largest absolute Gasteiger partial charge is 0.450 e. The Balaban J connectivity index is 1.59. The molecule has 3 heterocycles. The van der Waals surface area contributed by atoms with Gasteiger partial charge in [0, 0.05) is 44.2 Å². The number of para-hydroxylation sites is 1. The molecule has 1 amide bonds. The lowest BCUT2D eigenvalue weighted by Gasteiger charge is -2.36. The van der Waals surface area contributed by atoms with Gasteiger partial charge in [0.15, 0.2) is 0 Å². The number of likely N-dealkylation sites (tertiary alicyclic amines) is 1. The first-order chi connectivity index (χ1) is 15.6. The summed E-state index contributed by atoms with van der Waals surface area (Å²) in [4.78, 5) is 28.6. The van der Waals surface area contributed by atoms with Crippen LogP contribution in [-0.4, -0.2) is 82.9 Å². The first kappa shape index (κ1) is 22.7. The minimum atomic E-state index is -0.240. The molecule has 0 spiro atoms. The van der Waals surface area contributed by atoms with Crippen LogP contribution in [0.1, 0.15) is 44.0 Å². The average molecular weight is 442 g/mol. The van der Waals surface area contributed by atoms with Gasteiger partial charge in [0.2, 0.25) is 0 Å². The first-order valence-corrected chi connectivity index (χ1v) is 11.9. The van der Waals surface area contributed by atoms with Crippen LogP contribution in [0, 0.1) is 6.92 Å². The van der Waals surface area contributed by atoms with Crippen LogP contribution in [0.3, 0.4) is 0 Å². The molecule has 2 saturated heterocycles. The zero-order chi connectivity index (χ0) is 22.5. The standard InChI is InChI=1S/C24H35N5O3/c1-3-32-24(31)28-14-12-27(13-15-28)23-20-9-6-7-18(2)22(20)25-21(26-23)17-29-11-5-4-8-19(29)10-16-30/h6-7,9,19,30H,3-5,8,10-17H2,1-2H3. The van der Waals surface area contributed by atoms with Crippen molar-refractivity contribution in [3.8, 4) is 0 Å². The fraction of sp³-hybridized carbons (Fsp3) is 0.625. The molecule has 0 radical (unpaired) electrons. The van der Waals surface area contributed by atoms with Crippen molar-refractivity contribution < 1.29 is 14.6 Å². The number of benzene rings is 1. The van der Waals surface area contributed by atoms with Crippen molar-refractivity contribution in [3.05, 3.63) is 29.6 Å². The van der Waals surface area contributed by atoms with Gasteiger partial charge in [0.25, 0.3) is 0 Å². The van der Waals surface area contributed by atoms with E-state index in [1.54, 1.807) is 4.90 Å². The van der Waals surface area contributed by atoms with Gasteiger partial charge < -0.3 is 19.6 Å². The van der Waals surface area contributed by atoms with Gasteiger partial charge in [-0.05, 0) is 51.3 Å². The molecule has 8 nitrogen and oxygen atoms in total. The Bertz CT molecular complexity index is 927. The number of aromatic nitrogens is 2. The van der Waals surface area contributed by atoms with Crippen LogP contribution in [0.5, 0.6) is 0 Å². The van der Waals surface area contributed by atoms with Gasteiger partial charge in [0.05, 0.1) is 18.7 Å². The lowest BCUT2D eigenvalue weighted by molar-refractivity contribution is 0.105. The molecule has 1 aromatic heterocycles. The second kappa shape index (κ2) is 10.4. The quantitative estimate of drug-likeness (QED) is 0.738. The number of nitrogens with zero attached hydrogens (tertiary/aromatic N) is 5. The fourth-order valence-corrected chi connectivity index (χ4v) is 4.88. The van der Waals surface area contributed by atoms with Crippen LogP contribution in [0.15, 0.2) is 18.2 Å². The van der Waals surface area contributed by atoms with E-state index in [-0.39, 0.29) is 12.7 Å². The van der Waals surface area contributed by atoms with E-state index in [1.165, 1.54) is 12.8 Å². The minimum absolute atomic E-state index is 0.217. The molecule has 2 fully saturated rings. The molecule has 2 aliphatic heterocycles. The van der Waals surface area contributed by atoms with Crippen molar-refractivity contribution in [2.75, 3.05) is 50.8 Å². The number of aliphatic hydroxyl groups excluding tert-OH is 1. The Hall–Kier alpha value is -2.45. The molecule has 8 heteroatoms. The van der Waals surface area contributed by atoms with Crippen molar-refractivity contribution in [1.82, 2.24) is 19.8 Å². The molecule has 1 unspecified atom stereocenters. The lowest BCUT2D eigenvalue weighted by atomic mass is 9.99. The lowest BCUT2D eigenvalue weighted by Crippen LogP contribution is -2.49. The van der Waals surface area contributed by atoms with Gasteiger partial charge >= 0.3 is 6.09 Å². The van der Waals surface area contributed by atoms with E-state index in [1.807, 2.05) is 6.92 Å². The second-order valence-corrected chi connectivity index (χ2v) is 8.74. The summed E-state index contributed by atoms with van der Waals surface area (Å²) in [5.74, 6) is 1.78. The molecule has 0 saturated carbocycles. The molecular weight excluding hydrogens is 406 g/mol. The van der Waals surface area contributed by atoms with E-state index in [0.717, 1.165) is 60.6 Å². The van der Waals surface area contributed by atoms with Gasteiger partial charge in [-0.3, -0.25) is 4.90 Å². The summed E-state index contributed by atoms with van der Waals surface area (Å²) in [6, 6.07) is 6.63. The van der Waals surface area contributed by atoms with E-state index in [9.17, 15) is 9.90 Å². The molecule has 174 valence electrons. The molecule has 1 atom stereocenters. The van der Waals surface area contributed by atoms with E-state index in [4.69, 9.17) is 14.7 Å². The van der Waals surface area contributed by atoms with Crippen LogP contribution >= 0.6 is 0 Å². The third-order valence-corrected chi connectivity index (χ3v) is 6.62. The van der Waals surface area contributed by atoms with Crippen LogP contribution in [-0.2, 0) is 11.3 Å². The smallest absolute Gasteiger partial charge is 0.409 e. The number of carbonyl (C=O) groups is 1. The average Bonchev–Trinajstić information content (AvgIpc) is 2.81. The van der Waals surface area contributed by atoms with Crippen LogP contribution in [0.2, 0.25) is 0 Å². The molecule has 0 bridgehead atoms. The predicted molar refractivity (Wildman–Crippen MR) is 125 cm³/mol. The zero-order valence-corrected chi connectivity index (χ0v) is 19.3. The Morgan fingerprint density at radius 2 is 1.97 bits per heavy atom. The van der Waals surface area contributed by atoms with Gasteiger partial charge in [-0.2, -0.15) is 0 Å². The third-order valence-electron chi connectivity index (χ3n) is 6.62. The maximum absolute atomic E-state index is 12.1. The van der Waals surface area contributed by atoms with E-state index < -0.39 is 0 Å². The second-order valence-electron chi connectivity index (χ2n) is 8.74. The Morgan fingerprint density at radius 3 is 2.72 bits per heavy atom. The highest BCUT2D eigenvalue weighted by Gasteiger charge is 2.26. The summed E-state index contributed by atoms with van der Waals surface area (Å²) < 4.78 is 5.16. The molecule has 4 rings (SSSR count). The number of hydrogen-bond acceptors (Lipinski definition) is 7. The normalized spacial score (nSPS) is 20.0. The summed E-state index contributed by atoms with van der Waals surface area (Å²) in [5.41, 5.74) is 2.14. The molecule has 1 N–H and O–H groups in total. The number of piperazine rings is 1. The monoisotopic (exact) mass is 441 g/mol. The number of fused-ring (bicyclic) bond motifs is 1. The molecular formula is C24H35N5O3. The first-order valence-electron chi connectivity index (χ1n) is 11.9. The number of carbonyl (C=O) groups excluding carboxylic acids is 1. The highest BCUT2D eigenvalue weighted by molar-refractivity contribution is 5.91. The van der Waals surface area contributed by atoms with Gasteiger partial charge in [-0.1, -0.05) is 18.6 Å². The third kappa shape index (κ3) is 4.96. The number of amides is 1. The number of rotatable bonds is 6. The van der Waals surface area contributed by atoms with Crippen molar-refractivity contribution in [3.63, 3.8) is 0 Å². The Morgan fingerprint density at radius 1 is 1.16 bits per heavy atom. The van der Waals surface area contributed by atoms with Crippen LogP contribution in [0.25, 0.3) is 10.9 Å². The number of aryl methyl sites for hydroxylation is 1. The molecule has 2 aromatic rings. The predicted octanol–water partition coefficient (Wildman–Crippen LogP) is 2.95. The molecule has 1 aromatic carbocycles. The van der Waals surface area contributed by atoms with E-state index in [0.29, 0.717) is 32.3 Å². The number of ether oxygens (including phenoxy) is 1. The maximum atomic E-state index is 12.1. The Kier molecular flexibility index (Phi) is 7.42. The summed E-state index contributed by atoms with van der Waals surface area (Å²) in [7, 11) is 0. The Labute approximate surface area is 190 Å². The maximum Gasteiger partial charge on any atom is 0.409 e. The van der Waals surface area contributed by atoms with Gasteiger partial charge in [0.1, 0.15) is 11.6 Å². The molecule has 0 aliphatic carbocycles. The number of anilines is 1. The number of aliphatic hydroxyl groups is 1. The van der Waals surface area contributed by atoms with Crippen molar-refractivity contribution in [2.24, 2.45) is 0 Å². The summed E-state index contributed by atoms with van der Waals surface area (Å²) in [5, 5.41) is 10.5. The fourth-order valence-electron chi connectivity index (χ4n) is 4.88. The van der Waals surface area contributed by atoms with Gasteiger partial charge in [-0.15, -0.1) is 0 Å².